The number of aliphatic hydroxyl groups is 1. The molecule has 0 spiro atoms. The molecule has 0 aromatic heterocycles. The van der Waals surface area contributed by atoms with Crippen LogP contribution in [0.5, 0.6) is 5.75 Å². The third-order valence-electron chi connectivity index (χ3n) is 2.53. The summed E-state index contributed by atoms with van der Waals surface area (Å²) in [6, 6.07) is 7.64. The fourth-order valence-corrected chi connectivity index (χ4v) is 1.49. The number of rotatable bonds is 3. The minimum absolute atomic E-state index is 0.272. The van der Waals surface area contributed by atoms with Crippen LogP contribution >= 0.6 is 0 Å². The predicted molar refractivity (Wildman–Crippen MR) is 50.7 cm³/mol. The maximum Gasteiger partial charge on any atom is 0.118 e. The zero-order chi connectivity index (χ0) is 9.26. The zero-order valence-electron chi connectivity index (χ0n) is 7.73. The lowest BCUT2D eigenvalue weighted by atomic mass is 10.1. The van der Waals surface area contributed by atoms with E-state index >= 15 is 0 Å². The quantitative estimate of drug-likeness (QED) is 0.768. The van der Waals surface area contributed by atoms with Crippen molar-refractivity contribution in [1.29, 1.82) is 0 Å². The molecule has 0 saturated heterocycles. The minimum atomic E-state index is -0.272. The Bertz CT molecular complexity index is 275. The lowest BCUT2D eigenvalue weighted by Crippen LogP contribution is -1.98. The second kappa shape index (κ2) is 3.38. The Labute approximate surface area is 78.2 Å². The van der Waals surface area contributed by atoms with Crippen molar-refractivity contribution < 1.29 is 9.84 Å². The smallest absolute Gasteiger partial charge is 0.118 e. The van der Waals surface area contributed by atoms with Crippen molar-refractivity contribution in [3.8, 4) is 5.75 Å². The highest BCUT2D eigenvalue weighted by Gasteiger charge is 2.30. The fraction of sp³-hybridized carbons (Fsp3) is 0.455. The van der Waals surface area contributed by atoms with Gasteiger partial charge in [0.15, 0.2) is 0 Å². The Hall–Kier alpha value is -1.02. The van der Waals surface area contributed by atoms with Gasteiger partial charge >= 0.3 is 0 Å². The van der Waals surface area contributed by atoms with E-state index in [0.717, 1.165) is 24.2 Å². The first-order valence-corrected chi connectivity index (χ1v) is 4.63. The molecule has 2 rings (SSSR count). The Morgan fingerprint density at radius 1 is 1.31 bits per heavy atom. The first-order valence-electron chi connectivity index (χ1n) is 4.63. The predicted octanol–water partition coefficient (Wildman–Crippen LogP) is 2.14. The Kier molecular flexibility index (Phi) is 2.23. The normalized spacial score (nSPS) is 18.3. The molecule has 0 heterocycles. The van der Waals surface area contributed by atoms with E-state index in [2.05, 4.69) is 0 Å². The van der Waals surface area contributed by atoms with E-state index in [1.807, 2.05) is 24.3 Å². The summed E-state index contributed by atoms with van der Waals surface area (Å²) < 4.78 is 5.04. The molecule has 0 aliphatic heterocycles. The maximum absolute atomic E-state index is 9.78. The van der Waals surface area contributed by atoms with Crippen LogP contribution < -0.4 is 4.74 Å². The van der Waals surface area contributed by atoms with Gasteiger partial charge in [0.1, 0.15) is 5.75 Å². The number of hydrogen-bond acceptors (Lipinski definition) is 2. The van der Waals surface area contributed by atoms with Crippen LogP contribution in [0.4, 0.5) is 0 Å². The summed E-state index contributed by atoms with van der Waals surface area (Å²) in [5.74, 6) is 1.33. The third-order valence-corrected chi connectivity index (χ3v) is 2.53. The summed E-state index contributed by atoms with van der Waals surface area (Å²) in [6.07, 6.45) is 2.05. The van der Waals surface area contributed by atoms with E-state index in [1.165, 1.54) is 0 Å². The van der Waals surface area contributed by atoms with Crippen molar-refractivity contribution in [3.63, 3.8) is 0 Å². The molecule has 1 aliphatic carbocycles. The highest BCUT2D eigenvalue weighted by molar-refractivity contribution is 5.29. The van der Waals surface area contributed by atoms with Gasteiger partial charge < -0.3 is 9.84 Å². The Morgan fingerprint density at radius 2 is 1.92 bits per heavy atom. The second-order valence-electron chi connectivity index (χ2n) is 3.56. The molecule has 1 saturated carbocycles. The molecule has 0 amide bonds. The van der Waals surface area contributed by atoms with E-state index in [0.29, 0.717) is 5.92 Å². The van der Waals surface area contributed by atoms with Crippen molar-refractivity contribution in [2.75, 3.05) is 7.11 Å². The summed E-state index contributed by atoms with van der Waals surface area (Å²) in [5, 5.41) is 9.78. The van der Waals surface area contributed by atoms with Crippen LogP contribution in [0.1, 0.15) is 24.5 Å². The van der Waals surface area contributed by atoms with Gasteiger partial charge in [0, 0.05) is 0 Å². The first-order chi connectivity index (χ1) is 6.31. The lowest BCUT2D eigenvalue weighted by molar-refractivity contribution is 0.154. The number of benzene rings is 1. The van der Waals surface area contributed by atoms with Gasteiger partial charge in [-0.1, -0.05) is 12.1 Å². The van der Waals surface area contributed by atoms with Crippen molar-refractivity contribution >= 4 is 0 Å². The number of hydrogen-bond donors (Lipinski definition) is 1. The van der Waals surface area contributed by atoms with Gasteiger partial charge in [-0.2, -0.15) is 0 Å². The number of methoxy groups -OCH3 is 1. The van der Waals surface area contributed by atoms with E-state index in [9.17, 15) is 5.11 Å². The summed E-state index contributed by atoms with van der Waals surface area (Å²) in [4.78, 5) is 0. The molecule has 1 atom stereocenters. The molecule has 1 aromatic rings. The van der Waals surface area contributed by atoms with Gasteiger partial charge in [-0.15, -0.1) is 0 Å². The molecule has 1 N–H and O–H groups in total. The summed E-state index contributed by atoms with van der Waals surface area (Å²) in [5.41, 5.74) is 1.00. The van der Waals surface area contributed by atoms with Crippen LogP contribution in [0.2, 0.25) is 0 Å². The van der Waals surface area contributed by atoms with E-state index in [1.54, 1.807) is 7.11 Å². The molecule has 13 heavy (non-hydrogen) atoms. The minimum Gasteiger partial charge on any atom is -0.497 e. The molecule has 0 unspecified atom stereocenters. The first kappa shape index (κ1) is 8.57. The largest absolute Gasteiger partial charge is 0.497 e. The molecule has 0 bridgehead atoms. The molecule has 70 valence electrons. The monoisotopic (exact) mass is 178 g/mol. The van der Waals surface area contributed by atoms with Crippen LogP contribution in [-0.4, -0.2) is 12.2 Å². The summed E-state index contributed by atoms with van der Waals surface area (Å²) in [7, 11) is 1.65. The lowest BCUT2D eigenvalue weighted by Gasteiger charge is -2.09. The molecule has 1 aliphatic rings. The van der Waals surface area contributed by atoms with E-state index < -0.39 is 0 Å². The Morgan fingerprint density at radius 3 is 2.38 bits per heavy atom. The highest BCUT2D eigenvalue weighted by atomic mass is 16.5. The van der Waals surface area contributed by atoms with Crippen LogP contribution in [0.3, 0.4) is 0 Å². The summed E-state index contributed by atoms with van der Waals surface area (Å²) >= 11 is 0. The van der Waals surface area contributed by atoms with Gasteiger partial charge in [-0.25, -0.2) is 0 Å². The molecule has 2 nitrogen and oxygen atoms in total. The fourth-order valence-electron chi connectivity index (χ4n) is 1.49. The van der Waals surface area contributed by atoms with Gasteiger partial charge in [0.25, 0.3) is 0 Å². The average Bonchev–Trinajstić information content (AvgIpc) is 3.00. The third kappa shape index (κ3) is 1.83. The number of aliphatic hydroxyl groups excluding tert-OH is 1. The van der Waals surface area contributed by atoms with Crippen LogP contribution in [-0.2, 0) is 0 Å². The van der Waals surface area contributed by atoms with Gasteiger partial charge in [-0.3, -0.25) is 0 Å². The molecular weight excluding hydrogens is 164 g/mol. The molecule has 0 radical (unpaired) electrons. The molecular formula is C11H14O2. The van der Waals surface area contributed by atoms with Gasteiger partial charge in [0.2, 0.25) is 0 Å². The van der Waals surface area contributed by atoms with Crippen molar-refractivity contribution in [2.24, 2.45) is 5.92 Å². The van der Waals surface area contributed by atoms with Crippen LogP contribution in [0, 0.1) is 5.92 Å². The molecule has 1 aromatic carbocycles. The number of ether oxygens (including phenoxy) is 1. The van der Waals surface area contributed by atoms with Crippen molar-refractivity contribution in [1.82, 2.24) is 0 Å². The van der Waals surface area contributed by atoms with Gasteiger partial charge in [-0.05, 0) is 36.5 Å². The van der Waals surface area contributed by atoms with Crippen molar-refractivity contribution in [3.05, 3.63) is 29.8 Å². The van der Waals surface area contributed by atoms with E-state index in [4.69, 9.17) is 4.74 Å². The van der Waals surface area contributed by atoms with E-state index in [-0.39, 0.29) is 6.10 Å². The van der Waals surface area contributed by atoms with Crippen LogP contribution in [0.25, 0.3) is 0 Å². The topological polar surface area (TPSA) is 29.5 Å². The average molecular weight is 178 g/mol. The molecule has 2 heteroatoms. The van der Waals surface area contributed by atoms with Crippen molar-refractivity contribution in [2.45, 2.75) is 18.9 Å². The summed E-state index contributed by atoms with van der Waals surface area (Å²) in [6.45, 7) is 0. The van der Waals surface area contributed by atoms with Gasteiger partial charge in [0.05, 0.1) is 13.2 Å². The van der Waals surface area contributed by atoms with Crippen LogP contribution in [0.15, 0.2) is 24.3 Å². The highest BCUT2D eigenvalue weighted by Crippen LogP contribution is 2.40. The standard InChI is InChI=1S/C11H14O2/c1-13-10-6-4-9(5-7-10)11(12)8-2-3-8/h4-8,11-12H,2-3H2,1H3/t11-/m1/s1. The maximum atomic E-state index is 9.78. The zero-order valence-corrected chi connectivity index (χ0v) is 7.73. The SMILES string of the molecule is COc1ccc([C@H](O)C2CC2)cc1. The molecule has 1 fully saturated rings. The Balaban J connectivity index is 2.11. The second-order valence-corrected chi connectivity index (χ2v) is 3.56.